The van der Waals surface area contributed by atoms with Gasteiger partial charge in [0.05, 0.1) is 44.2 Å². The number of ether oxygens (including phenoxy) is 2. The lowest BCUT2D eigenvalue weighted by molar-refractivity contribution is -0.149. The fraction of sp³-hybridized carbons (Fsp3) is 0.833. The van der Waals surface area contributed by atoms with Gasteiger partial charge in [0.2, 0.25) is 5.91 Å². The van der Waals surface area contributed by atoms with Gasteiger partial charge in [0.15, 0.2) is 0 Å². The molecule has 0 aromatic carbocycles. The minimum Gasteiger partial charge on any atom is -0.469 e. The maximum atomic E-state index is 12.3. The Labute approximate surface area is 101 Å². The zero-order valence-corrected chi connectivity index (χ0v) is 10.5. The van der Waals surface area contributed by atoms with E-state index in [1.54, 1.807) is 0 Å². The zero-order valence-electron chi connectivity index (χ0n) is 10.5. The van der Waals surface area contributed by atoms with Gasteiger partial charge < -0.3 is 14.4 Å². The molecule has 2 rings (SSSR count). The molecule has 0 aromatic rings. The van der Waals surface area contributed by atoms with Gasteiger partial charge in [-0.25, -0.2) is 0 Å². The molecule has 4 unspecified atom stereocenters. The van der Waals surface area contributed by atoms with Crippen LogP contribution in [0.4, 0.5) is 0 Å². The standard InChI is InChI=1S/C12H19NO4/c1-7-5-17-6-8(2)13(7)11(14)9-4-10(9)12(15)16-3/h7-10H,4-6H2,1-3H3. The van der Waals surface area contributed by atoms with Crippen molar-refractivity contribution in [1.29, 1.82) is 0 Å². The van der Waals surface area contributed by atoms with Gasteiger partial charge >= 0.3 is 5.97 Å². The van der Waals surface area contributed by atoms with Crippen molar-refractivity contribution >= 4 is 11.9 Å². The molecule has 0 aromatic heterocycles. The van der Waals surface area contributed by atoms with Crippen molar-refractivity contribution in [1.82, 2.24) is 4.90 Å². The van der Waals surface area contributed by atoms with Crippen LogP contribution < -0.4 is 0 Å². The van der Waals surface area contributed by atoms with Crippen LogP contribution in [0.2, 0.25) is 0 Å². The van der Waals surface area contributed by atoms with Crippen molar-refractivity contribution in [2.24, 2.45) is 11.8 Å². The highest BCUT2D eigenvalue weighted by Gasteiger charge is 2.51. The highest BCUT2D eigenvalue weighted by atomic mass is 16.5. The third-order valence-electron chi connectivity index (χ3n) is 3.53. The number of morpholine rings is 1. The van der Waals surface area contributed by atoms with Crippen LogP contribution >= 0.6 is 0 Å². The number of carbonyl (C=O) groups excluding carboxylic acids is 2. The molecule has 2 fully saturated rings. The van der Waals surface area contributed by atoms with E-state index >= 15 is 0 Å². The Balaban J connectivity index is 1.98. The van der Waals surface area contributed by atoms with Crippen LogP contribution in [0.25, 0.3) is 0 Å². The number of nitrogens with zero attached hydrogens (tertiary/aromatic N) is 1. The van der Waals surface area contributed by atoms with Gasteiger partial charge in [-0.2, -0.15) is 0 Å². The molecule has 1 saturated carbocycles. The molecule has 4 atom stereocenters. The van der Waals surface area contributed by atoms with E-state index in [1.807, 2.05) is 18.7 Å². The van der Waals surface area contributed by atoms with Crippen molar-refractivity contribution in [3.63, 3.8) is 0 Å². The summed E-state index contributed by atoms with van der Waals surface area (Å²) in [6.45, 7) is 5.10. The Kier molecular flexibility index (Phi) is 3.38. The first kappa shape index (κ1) is 12.4. The summed E-state index contributed by atoms with van der Waals surface area (Å²) in [6, 6.07) is 0.176. The number of methoxy groups -OCH3 is 1. The predicted octanol–water partition coefficient (Wildman–Crippen LogP) is 0.431. The quantitative estimate of drug-likeness (QED) is 0.658. The van der Waals surface area contributed by atoms with Crippen molar-refractivity contribution in [3.05, 3.63) is 0 Å². The lowest BCUT2D eigenvalue weighted by atomic mass is 10.1. The van der Waals surface area contributed by atoms with Crippen LogP contribution in [-0.4, -0.2) is 49.2 Å². The number of amides is 1. The number of hydrogen-bond acceptors (Lipinski definition) is 4. The Morgan fingerprint density at radius 1 is 1.18 bits per heavy atom. The summed E-state index contributed by atoms with van der Waals surface area (Å²) < 4.78 is 10.0. The molecule has 1 aliphatic carbocycles. The molecular weight excluding hydrogens is 222 g/mol. The Morgan fingerprint density at radius 3 is 2.29 bits per heavy atom. The highest BCUT2D eigenvalue weighted by molar-refractivity contribution is 5.90. The minimum absolute atomic E-state index is 0.0729. The zero-order chi connectivity index (χ0) is 12.6. The monoisotopic (exact) mass is 241 g/mol. The Morgan fingerprint density at radius 2 is 1.76 bits per heavy atom. The smallest absolute Gasteiger partial charge is 0.309 e. The highest BCUT2D eigenvalue weighted by Crippen LogP contribution is 2.41. The molecule has 0 spiro atoms. The first-order chi connectivity index (χ1) is 8.06. The molecule has 1 heterocycles. The third-order valence-corrected chi connectivity index (χ3v) is 3.53. The summed E-state index contributed by atoms with van der Waals surface area (Å²) in [5.74, 6) is -0.596. The van der Waals surface area contributed by atoms with Crippen LogP contribution in [0.5, 0.6) is 0 Å². The molecule has 17 heavy (non-hydrogen) atoms. The van der Waals surface area contributed by atoms with E-state index in [9.17, 15) is 9.59 Å². The second-order valence-electron chi connectivity index (χ2n) is 4.95. The average molecular weight is 241 g/mol. The molecule has 5 nitrogen and oxygen atoms in total. The van der Waals surface area contributed by atoms with Crippen molar-refractivity contribution in [3.8, 4) is 0 Å². The predicted molar refractivity (Wildman–Crippen MR) is 60.2 cm³/mol. The fourth-order valence-electron chi connectivity index (χ4n) is 2.51. The van der Waals surface area contributed by atoms with Crippen molar-refractivity contribution < 1.29 is 19.1 Å². The number of carbonyl (C=O) groups is 2. The number of rotatable bonds is 2. The number of esters is 1. The topological polar surface area (TPSA) is 55.8 Å². The van der Waals surface area contributed by atoms with E-state index in [0.717, 1.165) is 0 Å². The SMILES string of the molecule is COC(=O)C1CC1C(=O)N1C(C)COCC1C. The average Bonchev–Trinajstić information content (AvgIpc) is 3.07. The van der Waals surface area contributed by atoms with Crippen LogP contribution in [0, 0.1) is 11.8 Å². The van der Waals surface area contributed by atoms with E-state index in [4.69, 9.17) is 4.74 Å². The van der Waals surface area contributed by atoms with E-state index in [2.05, 4.69) is 4.74 Å². The van der Waals surface area contributed by atoms with Gasteiger partial charge in [0, 0.05) is 0 Å². The third kappa shape index (κ3) is 2.29. The molecule has 5 heteroatoms. The van der Waals surface area contributed by atoms with Crippen molar-refractivity contribution in [2.45, 2.75) is 32.4 Å². The first-order valence-electron chi connectivity index (χ1n) is 6.04. The minimum atomic E-state index is -0.267. The summed E-state index contributed by atoms with van der Waals surface area (Å²) >= 11 is 0. The van der Waals surface area contributed by atoms with Crippen LogP contribution in [-0.2, 0) is 19.1 Å². The largest absolute Gasteiger partial charge is 0.469 e. The van der Waals surface area contributed by atoms with E-state index in [1.165, 1.54) is 7.11 Å². The summed E-state index contributed by atoms with van der Waals surface area (Å²) in [7, 11) is 1.36. The van der Waals surface area contributed by atoms with Crippen LogP contribution in [0.3, 0.4) is 0 Å². The molecule has 1 saturated heterocycles. The van der Waals surface area contributed by atoms with Crippen molar-refractivity contribution in [2.75, 3.05) is 20.3 Å². The number of hydrogen-bond donors (Lipinski definition) is 0. The second kappa shape index (κ2) is 4.64. The molecule has 2 aliphatic rings. The molecular formula is C12H19NO4. The molecule has 0 radical (unpaired) electrons. The lowest BCUT2D eigenvalue weighted by Gasteiger charge is -2.39. The molecule has 1 aliphatic heterocycles. The molecule has 96 valence electrons. The fourth-order valence-corrected chi connectivity index (χ4v) is 2.51. The van der Waals surface area contributed by atoms with E-state index in [0.29, 0.717) is 19.6 Å². The molecule has 0 bridgehead atoms. The maximum absolute atomic E-state index is 12.3. The first-order valence-corrected chi connectivity index (χ1v) is 6.04. The van der Waals surface area contributed by atoms with Gasteiger partial charge in [0.1, 0.15) is 0 Å². The summed E-state index contributed by atoms with van der Waals surface area (Å²) in [5.41, 5.74) is 0. The van der Waals surface area contributed by atoms with E-state index < -0.39 is 0 Å². The van der Waals surface area contributed by atoms with Gasteiger partial charge in [-0.05, 0) is 20.3 Å². The summed E-state index contributed by atoms with van der Waals surface area (Å²) in [5, 5.41) is 0. The van der Waals surface area contributed by atoms with Crippen LogP contribution in [0.1, 0.15) is 20.3 Å². The second-order valence-corrected chi connectivity index (χ2v) is 4.95. The normalized spacial score (nSPS) is 36.5. The lowest BCUT2D eigenvalue weighted by Crippen LogP contribution is -2.53. The Hall–Kier alpha value is -1.10. The van der Waals surface area contributed by atoms with E-state index in [-0.39, 0.29) is 35.8 Å². The van der Waals surface area contributed by atoms with Gasteiger partial charge in [-0.1, -0.05) is 0 Å². The summed E-state index contributed by atoms with van der Waals surface area (Å²) in [4.78, 5) is 25.4. The maximum Gasteiger partial charge on any atom is 0.309 e. The van der Waals surface area contributed by atoms with Gasteiger partial charge in [-0.15, -0.1) is 0 Å². The van der Waals surface area contributed by atoms with Gasteiger partial charge in [0.25, 0.3) is 0 Å². The molecule has 0 N–H and O–H groups in total. The molecule has 1 amide bonds. The van der Waals surface area contributed by atoms with Crippen LogP contribution in [0.15, 0.2) is 0 Å². The Bertz CT molecular complexity index is 320. The summed E-state index contributed by atoms with van der Waals surface area (Å²) in [6.07, 6.45) is 0.627. The van der Waals surface area contributed by atoms with Gasteiger partial charge in [-0.3, -0.25) is 9.59 Å².